The SMILES string of the molecule is COC(=O)c1sc(S(=O)(=O)N[C@@H]2CCSc3ccccc32)c(C(=O)OC)c1C. The first-order valence-corrected chi connectivity index (χ1v) is 11.6. The van der Waals surface area contributed by atoms with E-state index < -0.39 is 28.0 Å². The molecule has 2 aromatic rings. The molecule has 150 valence electrons. The predicted octanol–water partition coefficient (Wildman–Crippen LogP) is 3.15. The summed E-state index contributed by atoms with van der Waals surface area (Å²) in [6.07, 6.45) is 0.614. The third-order valence-electron chi connectivity index (χ3n) is 4.37. The molecule has 0 amide bonds. The van der Waals surface area contributed by atoms with Crippen molar-refractivity contribution >= 4 is 45.1 Å². The topological polar surface area (TPSA) is 98.8 Å². The smallest absolute Gasteiger partial charge is 0.348 e. The van der Waals surface area contributed by atoms with Crippen LogP contribution in [0.25, 0.3) is 0 Å². The lowest BCUT2D eigenvalue weighted by atomic mass is 10.1. The van der Waals surface area contributed by atoms with Crippen molar-refractivity contribution in [3.05, 3.63) is 45.8 Å². The van der Waals surface area contributed by atoms with Gasteiger partial charge in [-0.2, -0.15) is 0 Å². The van der Waals surface area contributed by atoms with E-state index in [1.807, 2.05) is 24.3 Å². The molecule has 0 fully saturated rings. The quantitative estimate of drug-likeness (QED) is 0.712. The van der Waals surface area contributed by atoms with E-state index >= 15 is 0 Å². The first kappa shape index (κ1) is 20.8. The molecule has 0 bridgehead atoms. The highest BCUT2D eigenvalue weighted by atomic mass is 32.2. The summed E-state index contributed by atoms with van der Waals surface area (Å²) in [6, 6.07) is 7.18. The van der Waals surface area contributed by atoms with Crippen molar-refractivity contribution in [1.82, 2.24) is 4.72 Å². The summed E-state index contributed by atoms with van der Waals surface area (Å²) in [4.78, 5) is 25.3. The van der Waals surface area contributed by atoms with Gasteiger partial charge >= 0.3 is 11.9 Å². The van der Waals surface area contributed by atoms with Crippen molar-refractivity contribution < 1.29 is 27.5 Å². The Kier molecular flexibility index (Phi) is 6.13. The first-order valence-electron chi connectivity index (χ1n) is 8.34. The van der Waals surface area contributed by atoms with Gasteiger partial charge in [-0.15, -0.1) is 23.1 Å². The van der Waals surface area contributed by atoms with E-state index in [9.17, 15) is 18.0 Å². The Labute approximate surface area is 171 Å². The zero-order chi connectivity index (χ0) is 20.5. The van der Waals surface area contributed by atoms with Crippen LogP contribution >= 0.6 is 23.1 Å². The first-order chi connectivity index (χ1) is 13.3. The number of hydrogen-bond donors (Lipinski definition) is 1. The minimum atomic E-state index is -4.08. The van der Waals surface area contributed by atoms with Crippen molar-refractivity contribution in [2.45, 2.75) is 28.5 Å². The highest BCUT2D eigenvalue weighted by Gasteiger charge is 2.35. The van der Waals surface area contributed by atoms with Crippen LogP contribution in [-0.4, -0.2) is 40.3 Å². The summed E-state index contributed by atoms with van der Waals surface area (Å²) in [7, 11) is -1.72. The van der Waals surface area contributed by atoms with E-state index in [1.54, 1.807) is 11.8 Å². The van der Waals surface area contributed by atoms with Crippen LogP contribution in [0.15, 0.2) is 33.4 Å². The molecule has 3 rings (SSSR count). The number of fused-ring (bicyclic) bond motifs is 1. The number of hydrogen-bond acceptors (Lipinski definition) is 8. The van der Waals surface area contributed by atoms with Gasteiger partial charge in [-0.05, 0) is 36.3 Å². The van der Waals surface area contributed by atoms with Crippen LogP contribution < -0.4 is 4.72 Å². The highest BCUT2D eigenvalue weighted by Crippen LogP contribution is 2.38. The molecule has 2 heterocycles. The average Bonchev–Trinajstić information content (AvgIpc) is 3.05. The second-order valence-corrected chi connectivity index (χ2v) is 10.1. The van der Waals surface area contributed by atoms with Gasteiger partial charge in [-0.3, -0.25) is 0 Å². The normalized spacial score (nSPS) is 16.3. The Morgan fingerprint density at radius 3 is 2.50 bits per heavy atom. The standard InChI is InChI=1S/C18H19NO6S3/c1-10-14(16(20)24-2)18(27-15(10)17(21)25-3)28(22,23)19-12-8-9-26-13-7-5-4-6-11(12)13/h4-7,12,19H,8-9H2,1-3H3/t12-/m1/s1. The number of esters is 2. The number of sulfonamides is 1. The third-order valence-corrected chi connectivity index (χ3v) is 8.76. The number of thioether (sulfide) groups is 1. The Morgan fingerprint density at radius 1 is 1.14 bits per heavy atom. The predicted molar refractivity (Wildman–Crippen MR) is 107 cm³/mol. The summed E-state index contributed by atoms with van der Waals surface area (Å²) in [6.45, 7) is 1.50. The summed E-state index contributed by atoms with van der Waals surface area (Å²) < 4.78 is 38.2. The van der Waals surface area contributed by atoms with Crippen LogP contribution in [0.3, 0.4) is 0 Å². The minimum Gasteiger partial charge on any atom is -0.465 e. The van der Waals surface area contributed by atoms with Crippen molar-refractivity contribution in [2.75, 3.05) is 20.0 Å². The van der Waals surface area contributed by atoms with Gasteiger partial charge in [0.05, 0.1) is 19.8 Å². The number of benzene rings is 1. The lowest BCUT2D eigenvalue weighted by Crippen LogP contribution is -2.31. The van der Waals surface area contributed by atoms with Gasteiger partial charge in [0, 0.05) is 10.9 Å². The monoisotopic (exact) mass is 441 g/mol. The van der Waals surface area contributed by atoms with E-state index in [-0.39, 0.29) is 20.2 Å². The molecule has 1 aliphatic rings. The Balaban J connectivity index is 2.05. The second-order valence-electron chi connectivity index (χ2n) is 6.05. The summed E-state index contributed by atoms with van der Waals surface area (Å²) in [5.41, 5.74) is 0.978. The maximum Gasteiger partial charge on any atom is 0.348 e. The van der Waals surface area contributed by atoms with Gasteiger partial charge in [-0.1, -0.05) is 18.2 Å². The zero-order valence-corrected chi connectivity index (χ0v) is 17.9. The molecule has 1 N–H and O–H groups in total. The van der Waals surface area contributed by atoms with Gasteiger partial charge < -0.3 is 9.47 Å². The van der Waals surface area contributed by atoms with Crippen LogP contribution in [0.4, 0.5) is 0 Å². The van der Waals surface area contributed by atoms with Gasteiger partial charge in [-0.25, -0.2) is 22.7 Å². The van der Waals surface area contributed by atoms with Gasteiger partial charge in [0.2, 0.25) is 0 Å². The fourth-order valence-electron chi connectivity index (χ4n) is 3.01. The van der Waals surface area contributed by atoms with Crippen LogP contribution in [0.5, 0.6) is 0 Å². The van der Waals surface area contributed by atoms with Crippen molar-refractivity contribution in [3.63, 3.8) is 0 Å². The number of methoxy groups -OCH3 is 2. The number of thiophene rings is 1. The molecular weight excluding hydrogens is 422 g/mol. The number of rotatable bonds is 5. The zero-order valence-electron chi connectivity index (χ0n) is 15.5. The van der Waals surface area contributed by atoms with Gasteiger partial charge in [0.1, 0.15) is 4.88 Å². The third kappa shape index (κ3) is 3.82. The molecule has 0 spiro atoms. The molecule has 0 saturated carbocycles. The van der Waals surface area contributed by atoms with Crippen LogP contribution in [0.1, 0.15) is 43.6 Å². The molecular formula is C18H19NO6S3. The summed E-state index contributed by atoms with van der Waals surface area (Å²) >= 11 is 2.38. The summed E-state index contributed by atoms with van der Waals surface area (Å²) in [5, 5.41) is 0. The molecule has 0 aliphatic carbocycles. The number of nitrogens with one attached hydrogen (secondary N) is 1. The maximum atomic E-state index is 13.2. The van der Waals surface area contributed by atoms with Crippen molar-refractivity contribution in [1.29, 1.82) is 0 Å². The van der Waals surface area contributed by atoms with E-state index in [0.717, 1.165) is 23.3 Å². The van der Waals surface area contributed by atoms with E-state index in [0.29, 0.717) is 17.8 Å². The molecule has 28 heavy (non-hydrogen) atoms. The molecule has 10 heteroatoms. The molecule has 0 saturated heterocycles. The van der Waals surface area contributed by atoms with Gasteiger partial charge in [0.15, 0.2) is 4.21 Å². The lowest BCUT2D eigenvalue weighted by molar-refractivity contribution is 0.0596. The highest BCUT2D eigenvalue weighted by molar-refractivity contribution is 7.99. The van der Waals surface area contributed by atoms with Crippen LogP contribution in [0.2, 0.25) is 0 Å². The number of ether oxygens (including phenoxy) is 2. The van der Waals surface area contributed by atoms with Crippen molar-refractivity contribution in [3.8, 4) is 0 Å². The molecule has 1 aromatic carbocycles. The van der Waals surface area contributed by atoms with E-state index in [4.69, 9.17) is 9.47 Å². The Morgan fingerprint density at radius 2 is 1.82 bits per heavy atom. The fourth-order valence-corrected chi connectivity index (χ4v) is 7.14. The number of carbonyl (C=O) groups is 2. The maximum absolute atomic E-state index is 13.2. The Bertz CT molecular complexity index is 1030. The van der Waals surface area contributed by atoms with E-state index in [2.05, 4.69) is 4.72 Å². The van der Waals surface area contributed by atoms with Crippen molar-refractivity contribution in [2.24, 2.45) is 0 Å². The minimum absolute atomic E-state index is 0.0582. The second kappa shape index (κ2) is 8.24. The molecule has 0 unspecified atom stereocenters. The molecule has 1 aromatic heterocycles. The summed E-state index contributed by atoms with van der Waals surface area (Å²) in [5.74, 6) is -0.748. The van der Waals surface area contributed by atoms with Crippen LogP contribution in [-0.2, 0) is 19.5 Å². The molecule has 7 nitrogen and oxygen atoms in total. The lowest BCUT2D eigenvalue weighted by Gasteiger charge is -2.25. The fraction of sp³-hybridized carbons (Fsp3) is 0.333. The average molecular weight is 442 g/mol. The molecule has 1 aliphatic heterocycles. The van der Waals surface area contributed by atoms with Crippen LogP contribution in [0, 0.1) is 6.92 Å². The largest absolute Gasteiger partial charge is 0.465 e. The van der Waals surface area contributed by atoms with E-state index in [1.165, 1.54) is 14.0 Å². The Hall–Kier alpha value is -1.88. The van der Waals surface area contributed by atoms with Gasteiger partial charge in [0.25, 0.3) is 10.0 Å². The number of carbonyl (C=O) groups excluding carboxylic acids is 2. The molecule has 0 radical (unpaired) electrons. The molecule has 1 atom stereocenters.